The van der Waals surface area contributed by atoms with Crippen LogP contribution in [0.25, 0.3) is 0 Å². The maximum absolute atomic E-state index is 13.5. The molecule has 6 nitrogen and oxygen atoms in total. The Hall–Kier alpha value is -2.38. The second-order valence-electron chi connectivity index (χ2n) is 8.46. The van der Waals surface area contributed by atoms with Gasteiger partial charge in [0.1, 0.15) is 5.75 Å². The summed E-state index contributed by atoms with van der Waals surface area (Å²) in [5.74, 6) is 0.393. The Labute approximate surface area is 192 Å². The van der Waals surface area contributed by atoms with Crippen LogP contribution in [0.3, 0.4) is 0 Å². The SMILES string of the molecule is COc1ccc(S(=O)(=O)N(CCc2ccccc2)CC(=O)NC2CCCCCC2)cc1C. The van der Waals surface area contributed by atoms with Gasteiger partial charge in [-0.1, -0.05) is 56.0 Å². The number of benzene rings is 2. The van der Waals surface area contributed by atoms with Crippen molar-refractivity contribution in [1.82, 2.24) is 9.62 Å². The Balaban J connectivity index is 1.78. The summed E-state index contributed by atoms with van der Waals surface area (Å²) in [7, 11) is -2.29. The molecule has 0 bridgehead atoms. The molecule has 1 fully saturated rings. The van der Waals surface area contributed by atoms with E-state index in [1.165, 1.54) is 17.1 Å². The highest BCUT2D eigenvalue weighted by molar-refractivity contribution is 7.89. The molecule has 0 spiro atoms. The van der Waals surface area contributed by atoms with Gasteiger partial charge in [0, 0.05) is 12.6 Å². The van der Waals surface area contributed by atoms with Gasteiger partial charge in [-0.2, -0.15) is 4.31 Å². The van der Waals surface area contributed by atoms with E-state index in [0.29, 0.717) is 12.2 Å². The predicted octanol–water partition coefficient (Wildman–Crippen LogP) is 4.08. The van der Waals surface area contributed by atoms with E-state index >= 15 is 0 Å². The molecule has 1 aliphatic rings. The summed E-state index contributed by atoms with van der Waals surface area (Å²) in [5.41, 5.74) is 1.77. The predicted molar refractivity (Wildman–Crippen MR) is 126 cm³/mol. The Kier molecular flexibility index (Phi) is 8.70. The number of rotatable bonds is 9. The number of methoxy groups -OCH3 is 1. The van der Waals surface area contributed by atoms with Gasteiger partial charge in [0.15, 0.2) is 0 Å². The van der Waals surface area contributed by atoms with E-state index in [0.717, 1.165) is 36.8 Å². The lowest BCUT2D eigenvalue weighted by molar-refractivity contribution is -0.122. The van der Waals surface area contributed by atoms with E-state index in [1.54, 1.807) is 25.3 Å². The molecule has 0 aromatic heterocycles. The number of nitrogens with zero attached hydrogens (tertiary/aromatic N) is 1. The van der Waals surface area contributed by atoms with E-state index in [9.17, 15) is 13.2 Å². The molecule has 7 heteroatoms. The molecular formula is C25H34N2O4S. The van der Waals surface area contributed by atoms with Crippen LogP contribution in [-0.4, -0.2) is 44.9 Å². The molecule has 1 saturated carbocycles. The lowest BCUT2D eigenvalue weighted by atomic mass is 10.1. The van der Waals surface area contributed by atoms with Crippen molar-refractivity contribution in [3.63, 3.8) is 0 Å². The lowest BCUT2D eigenvalue weighted by Gasteiger charge is -2.24. The number of aryl methyl sites for hydroxylation is 1. The Morgan fingerprint density at radius 2 is 1.75 bits per heavy atom. The van der Waals surface area contributed by atoms with E-state index < -0.39 is 10.0 Å². The van der Waals surface area contributed by atoms with Gasteiger partial charge < -0.3 is 10.1 Å². The summed E-state index contributed by atoms with van der Waals surface area (Å²) >= 11 is 0. The van der Waals surface area contributed by atoms with Crippen molar-refractivity contribution in [2.24, 2.45) is 0 Å². The topological polar surface area (TPSA) is 75.7 Å². The number of hydrogen-bond acceptors (Lipinski definition) is 4. The van der Waals surface area contributed by atoms with Gasteiger partial charge in [-0.3, -0.25) is 4.79 Å². The van der Waals surface area contributed by atoms with E-state index in [4.69, 9.17) is 4.74 Å². The summed E-state index contributed by atoms with van der Waals surface area (Å²) in [5, 5.41) is 3.08. The highest BCUT2D eigenvalue weighted by Gasteiger charge is 2.28. The van der Waals surface area contributed by atoms with Crippen molar-refractivity contribution < 1.29 is 17.9 Å². The fourth-order valence-corrected chi connectivity index (χ4v) is 5.68. The summed E-state index contributed by atoms with van der Waals surface area (Å²) in [6, 6.07) is 14.7. The first-order valence-corrected chi connectivity index (χ1v) is 12.8. The third-order valence-corrected chi connectivity index (χ3v) is 7.88. The van der Waals surface area contributed by atoms with Crippen LogP contribution in [0.5, 0.6) is 5.75 Å². The van der Waals surface area contributed by atoms with Crippen LogP contribution < -0.4 is 10.1 Å². The minimum Gasteiger partial charge on any atom is -0.496 e. The number of carbonyl (C=O) groups excluding carboxylic acids is 1. The molecule has 32 heavy (non-hydrogen) atoms. The second-order valence-corrected chi connectivity index (χ2v) is 10.4. The molecule has 0 saturated heterocycles. The first-order chi connectivity index (χ1) is 15.4. The van der Waals surface area contributed by atoms with E-state index in [2.05, 4.69) is 5.32 Å². The highest BCUT2D eigenvalue weighted by atomic mass is 32.2. The first-order valence-electron chi connectivity index (χ1n) is 11.4. The fraction of sp³-hybridized carbons (Fsp3) is 0.480. The van der Waals surface area contributed by atoms with Crippen molar-refractivity contribution in [1.29, 1.82) is 0 Å². The van der Waals surface area contributed by atoms with Crippen LogP contribution in [0.2, 0.25) is 0 Å². The van der Waals surface area contributed by atoms with Crippen LogP contribution in [-0.2, 0) is 21.2 Å². The maximum Gasteiger partial charge on any atom is 0.243 e. The summed E-state index contributed by atoms with van der Waals surface area (Å²) < 4.78 is 33.6. The molecule has 2 aromatic carbocycles. The largest absolute Gasteiger partial charge is 0.496 e. The molecular weight excluding hydrogens is 424 g/mol. The molecule has 2 aromatic rings. The summed E-state index contributed by atoms with van der Waals surface area (Å²) in [6.07, 6.45) is 7.05. The molecule has 1 aliphatic carbocycles. The third kappa shape index (κ3) is 6.56. The Morgan fingerprint density at radius 1 is 1.06 bits per heavy atom. The first kappa shape index (κ1) is 24.3. The zero-order valence-corrected chi connectivity index (χ0v) is 19.9. The number of sulfonamides is 1. The average Bonchev–Trinajstić information content (AvgIpc) is 3.05. The van der Waals surface area contributed by atoms with Gasteiger partial charge in [-0.25, -0.2) is 8.42 Å². The van der Waals surface area contributed by atoms with Crippen molar-refractivity contribution in [2.45, 2.75) is 62.8 Å². The van der Waals surface area contributed by atoms with Gasteiger partial charge in [-0.15, -0.1) is 0 Å². The van der Waals surface area contributed by atoms with Gasteiger partial charge in [0.05, 0.1) is 18.6 Å². The van der Waals surface area contributed by atoms with Crippen molar-refractivity contribution >= 4 is 15.9 Å². The smallest absolute Gasteiger partial charge is 0.243 e. The number of hydrogen-bond donors (Lipinski definition) is 1. The number of carbonyl (C=O) groups is 1. The van der Waals surface area contributed by atoms with E-state index in [-0.39, 0.29) is 29.9 Å². The van der Waals surface area contributed by atoms with Crippen molar-refractivity contribution in [2.75, 3.05) is 20.2 Å². The van der Waals surface area contributed by atoms with Gasteiger partial charge >= 0.3 is 0 Å². The average molecular weight is 459 g/mol. The summed E-state index contributed by atoms with van der Waals surface area (Å²) in [6.45, 7) is 1.86. The highest BCUT2D eigenvalue weighted by Crippen LogP contribution is 2.24. The molecule has 0 atom stereocenters. The Bertz CT molecular complexity index is 984. The van der Waals surface area contributed by atoms with Crippen LogP contribution in [0.4, 0.5) is 0 Å². The normalized spacial score (nSPS) is 15.3. The quantitative estimate of drug-likeness (QED) is 0.575. The van der Waals surface area contributed by atoms with Gasteiger partial charge in [0.2, 0.25) is 15.9 Å². The molecule has 3 rings (SSSR count). The fourth-order valence-electron chi connectivity index (χ4n) is 4.20. The molecule has 1 N–H and O–H groups in total. The van der Waals surface area contributed by atoms with E-state index in [1.807, 2.05) is 37.3 Å². The van der Waals surface area contributed by atoms with Crippen molar-refractivity contribution in [3.05, 3.63) is 59.7 Å². The molecule has 0 heterocycles. The molecule has 1 amide bonds. The zero-order valence-electron chi connectivity index (χ0n) is 19.0. The molecule has 0 unspecified atom stereocenters. The van der Waals surface area contributed by atoms with Crippen LogP contribution >= 0.6 is 0 Å². The van der Waals surface area contributed by atoms with Crippen LogP contribution in [0, 0.1) is 6.92 Å². The second kappa shape index (κ2) is 11.5. The Morgan fingerprint density at radius 3 is 2.38 bits per heavy atom. The number of amides is 1. The molecule has 0 aliphatic heterocycles. The zero-order chi connectivity index (χ0) is 23.0. The van der Waals surface area contributed by atoms with Gasteiger partial charge in [0.25, 0.3) is 0 Å². The number of nitrogens with one attached hydrogen (secondary N) is 1. The minimum absolute atomic E-state index is 0.131. The third-order valence-electron chi connectivity index (χ3n) is 6.04. The van der Waals surface area contributed by atoms with Crippen LogP contribution in [0.1, 0.15) is 49.7 Å². The monoisotopic (exact) mass is 458 g/mol. The number of ether oxygens (including phenoxy) is 1. The van der Waals surface area contributed by atoms with Crippen molar-refractivity contribution in [3.8, 4) is 5.75 Å². The van der Waals surface area contributed by atoms with Crippen LogP contribution in [0.15, 0.2) is 53.4 Å². The maximum atomic E-state index is 13.5. The summed E-state index contributed by atoms with van der Waals surface area (Å²) in [4.78, 5) is 13.0. The lowest BCUT2D eigenvalue weighted by Crippen LogP contribution is -2.44. The standard InChI is InChI=1S/C25H34N2O4S/c1-20-18-23(14-15-24(20)31-2)32(29,30)27(17-16-21-10-6-5-7-11-21)19-25(28)26-22-12-8-3-4-9-13-22/h5-7,10-11,14-15,18,22H,3-4,8-9,12-13,16-17,19H2,1-2H3,(H,26,28). The van der Waals surface area contributed by atoms with Gasteiger partial charge in [-0.05, 0) is 55.5 Å². The molecule has 174 valence electrons. The molecule has 0 radical (unpaired) electrons. The minimum atomic E-state index is -3.84.